The molecule has 2 aliphatic rings. The van der Waals surface area contributed by atoms with E-state index in [1.54, 1.807) is 40.9 Å². The molecular weight excluding hydrogens is 314 g/mol. The maximum Gasteiger partial charge on any atom is 0.248 e. The van der Waals surface area contributed by atoms with Gasteiger partial charge in [0.1, 0.15) is 6.04 Å². The van der Waals surface area contributed by atoms with E-state index in [0.29, 0.717) is 23.5 Å². The van der Waals surface area contributed by atoms with Crippen LogP contribution in [0.3, 0.4) is 0 Å². The van der Waals surface area contributed by atoms with E-state index in [4.69, 9.17) is 0 Å². The van der Waals surface area contributed by atoms with Crippen LogP contribution >= 0.6 is 11.8 Å². The lowest BCUT2D eigenvalue weighted by Crippen LogP contribution is -2.48. The molecule has 2 atom stereocenters. The van der Waals surface area contributed by atoms with E-state index in [1.807, 2.05) is 6.92 Å². The van der Waals surface area contributed by atoms with Crippen LogP contribution in [0.15, 0.2) is 24.3 Å². The average molecular weight is 333 g/mol. The summed E-state index contributed by atoms with van der Waals surface area (Å²) in [4.78, 5) is 37.1. The molecule has 0 radical (unpaired) electrons. The topological polar surface area (TPSA) is 78.5 Å². The molecule has 2 N–H and O–H groups in total. The molecule has 0 bridgehead atoms. The van der Waals surface area contributed by atoms with Crippen molar-refractivity contribution in [2.75, 3.05) is 16.4 Å². The zero-order chi connectivity index (χ0) is 16.6. The van der Waals surface area contributed by atoms with Crippen LogP contribution in [0.1, 0.15) is 26.7 Å². The van der Waals surface area contributed by atoms with Gasteiger partial charge in [-0.2, -0.15) is 0 Å². The molecule has 7 heteroatoms. The number of nitrogens with zero attached hydrogens (tertiary/aromatic N) is 1. The van der Waals surface area contributed by atoms with E-state index in [-0.39, 0.29) is 22.6 Å². The van der Waals surface area contributed by atoms with E-state index in [9.17, 15) is 14.4 Å². The molecule has 0 unspecified atom stereocenters. The van der Waals surface area contributed by atoms with Gasteiger partial charge in [-0.1, -0.05) is 0 Å². The fraction of sp³-hybridized carbons (Fsp3) is 0.438. The van der Waals surface area contributed by atoms with Gasteiger partial charge in [0.05, 0.1) is 4.87 Å². The Kier molecular flexibility index (Phi) is 4.06. The largest absolute Gasteiger partial charge is 0.326 e. The highest BCUT2D eigenvalue weighted by atomic mass is 32.2. The highest BCUT2D eigenvalue weighted by Crippen LogP contribution is 2.47. The molecule has 1 aromatic rings. The molecular formula is C16H19N3O3S. The monoisotopic (exact) mass is 333 g/mol. The first-order chi connectivity index (χ1) is 10.9. The normalized spacial score (nSPS) is 26.1. The number of hydrogen-bond acceptors (Lipinski definition) is 4. The Morgan fingerprint density at radius 2 is 1.83 bits per heavy atom. The van der Waals surface area contributed by atoms with Crippen molar-refractivity contribution in [3.8, 4) is 0 Å². The van der Waals surface area contributed by atoms with Crippen molar-refractivity contribution >= 4 is 40.9 Å². The first kappa shape index (κ1) is 15.9. The lowest BCUT2D eigenvalue weighted by molar-refractivity contribution is -0.135. The number of fused-ring (bicyclic) bond motifs is 1. The summed E-state index contributed by atoms with van der Waals surface area (Å²) >= 11 is 1.67. The van der Waals surface area contributed by atoms with Gasteiger partial charge < -0.3 is 15.5 Å². The molecule has 2 fully saturated rings. The van der Waals surface area contributed by atoms with Crippen LogP contribution in [0.4, 0.5) is 11.4 Å². The number of carbonyl (C=O) groups excluding carboxylic acids is 3. The Bertz CT molecular complexity index is 661. The lowest BCUT2D eigenvalue weighted by Gasteiger charge is -2.29. The van der Waals surface area contributed by atoms with E-state index in [1.165, 1.54) is 6.92 Å². The van der Waals surface area contributed by atoms with Gasteiger partial charge in [0.2, 0.25) is 17.7 Å². The van der Waals surface area contributed by atoms with Gasteiger partial charge in [0.25, 0.3) is 0 Å². The Balaban J connectivity index is 1.67. The van der Waals surface area contributed by atoms with E-state index in [0.717, 1.165) is 6.42 Å². The van der Waals surface area contributed by atoms with Crippen molar-refractivity contribution in [2.24, 2.45) is 0 Å². The predicted octanol–water partition coefficient (Wildman–Crippen LogP) is 2.04. The third kappa shape index (κ3) is 3.06. The zero-order valence-electron chi connectivity index (χ0n) is 13.1. The molecule has 3 rings (SSSR count). The van der Waals surface area contributed by atoms with Crippen molar-refractivity contribution in [1.29, 1.82) is 0 Å². The third-order valence-electron chi connectivity index (χ3n) is 4.22. The molecule has 23 heavy (non-hydrogen) atoms. The number of benzene rings is 1. The molecule has 1 aromatic carbocycles. The van der Waals surface area contributed by atoms with Crippen LogP contribution in [-0.2, 0) is 14.4 Å². The van der Waals surface area contributed by atoms with Crippen LogP contribution in [0.5, 0.6) is 0 Å². The number of nitrogens with one attached hydrogen (secondary N) is 2. The van der Waals surface area contributed by atoms with Crippen molar-refractivity contribution in [2.45, 2.75) is 37.6 Å². The van der Waals surface area contributed by atoms with Crippen LogP contribution in [0.2, 0.25) is 0 Å². The van der Waals surface area contributed by atoms with E-state index >= 15 is 0 Å². The number of carbonyl (C=O) groups is 3. The summed E-state index contributed by atoms with van der Waals surface area (Å²) in [5, 5.41) is 5.53. The first-order valence-corrected chi connectivity index (χ1v) is 8.52. The maximum absolute atomic E-state index is 12.5. The molecule has 3 amide bonds. The van der Waals surface area contributed by atoms with Gasteiger partial charge in [-0.3, -0.25) is 14.4 Å². The Morgan fingerprint density at radius 1 is 1.22 bits per heavy atom. The Hall–Kier alpha value is -2.02. The fourth-order valence-electron chi connectivity index (χ4n) is 3.08. The molecule has 2 heterocycles. The smallest absolute Gasteiger partial charge is 0.248 e. The Morgan fingerprint density at radius 3 is 2.43 bits per heavy atom. The summed E-state index contributed by atoms with van der Waals surface area (Å²) in [5.41, 5.74) is 1.32. The third-order valence-corrected chi connectivity index (χ3v) is 5.73. The van der Waals surface area contributed by atoms with Crippen LogP contribution < -0.4 is 10.6 Å². The molecule has 0 aromatic heterocycles. The fourth-order valence-corrected chi connectivity index (χ4v) is 4.51. The summed E-state index contributed by atoms with van der Waals surface area (Å²) in [6.07, 6.45) is 1.31. The van der Waals surface area contributed by atoms with Gasteiger partial charge in [0, 0.05) is 30.5 Å². The minimum Gasteiger partial charge on any atom is -0.326 e. The first-order valence-electron chi connectivity index (χ1n) is 7.54. The Labute approximate surface area is 139 Å². The zero-order valence-corrected chi connectivity index (χ0v) is 13.9. The van der Waals surface area contributed by atoms with Gasteiger partial charge in [-0.15, -0.1) is 11.8 Å². The van der Waals surface area contributed by atoms with Crippen molar-refractivity contribution in [1.82, 2.24) is 4.90 Å². The number of rotatable bonds is 3. The number of thioether (sulfide) groups is 1. The lowest BCUT2D eigenvalue weighted by atomic mass is 10.2. The van der Waals surface area contributed by atoms with Crippen molar-refractivity contribution in [3.05, 3.63) is 24.3 Å². The van der Waals surface area contributed by atoms with Crippen LogP contribution in [-0.4, -0.2) is 39.3 Å². The summed E-state index contributed by atoms with van der Waals surface area (Å²) in [6.45, 7) is 3.47. The van der Waals surface area contributed by atoms with Gasteiger partial charge in [-0.25, -0.2) is 0 Å². The molecule has 0 spiro atoms. The summed E-state index contributed by atoms with van der Waals surface area (Å²) in [6, 6.07) is 6.50. The second kappa shape index (κ2) is 5.88. The van der Waals surface area contributed by atoms with Gasteiger partial charge in [-0.05, 0) is 37.6 Å². The number of hydrogen-bond donors (Lipinski definition) is 2. The van der Waals surface area contributed by atoms with E-state index < -0.39 is 6.04 Å². The summed E-state index contributed by atoms with van der Waals surface area (Å²) in [5.74, 6) is 0.372. The molecule has 0 aliphatic carbocycles. The standard InChI is InChI=1S/C16H19N3O3S/c1-10(20)17-11-3-5-12(6-4-11)18-15(22)13-9-23-16(2)8-7-14(21)19(13)16/h3-6,13H,7-9H2,1-2H3,(H,17,20)(H,18,22)/t13-,16-/m0/s1. The quantitative estimate of drug-likeness (QED) is 0.887. The molecule has 2 aliphatic heterocycles. The molecule has 122 valence electrons. The highest BCUT2D eigenvalue weighted by Gasteiger charge is 2.52. The average Bonchev–Trinajstić information content (AvgIpc) is 2.98. The van der Waals surface area contributed by atoms with Crippen LogP contribution in [0.25, 0.3) is 0 Å². The second-order valence-corrected chi connectivity index (χ2v) is 7.51. The van der Waals surface area contributed by atoms with Gasteiger partial charge in [0.15, 0.2) is 0 Å². The number of anilines is 2. The number of amides is 3. The maximum atomic E-state index is 12.5. The van der Waals surface area contributed by atoms with Gasteiger partial charge >= 0.3 is 0 Å². The van der Waals surface area contributed by atoms with Crippen molar-refractivity contribution in [3.63, 3.8) is 0 Å². The second-order valence-electron chi connectivity index (χ2n) is 6.01. The predicted molar refractivity (Wildman–Crippen MR) is 90.1 cm³/mol. The molecule has 2 saturated heterocycles. The summed E-state index contributed by atoms with van der Waals surface area (Å²) in [7, 11) is 0. The molecule has 0 saturated carbocycles. The molecule has 6 nitrogen and oxygen atoms in total. The minimum absolute atomic E-state index is 0.0543. The van der Waals surface area contributed by atoms with E-state index in [2.05, 4.69) is 10.6 Å². The highest BCUT2D eigenvalue weighted by molar-refractivity contribution is 8.01. The minimum atomic E-state index is -0.421. The van der Waals surface area contributed by atoms with Crippen LogP contribution in [0, 0.1) is 0 Å². The SMILES string of the molecule is CC(=O)Nc1ccc(NC(=O)[C@@H]2CS[C@@]3(C)CCC(=O)N23)cc1. The van der Waals surface area contributed by atoms with Crippen molar-refractivity contribution < 1.29 is 14.4 Å². The summed E-state index contributed by atoms with van der Waals surface area (Å²) < 4.78 is 0.